The Labute approximate surface area is 115 Å². The molecule has 3 heteroatoms. The third-order valence-electron chi connectivity index (χ3n) is 2.82. The van der Waals surface area contributed by atoms with Crippen molar-refractivity contribution in [2.75, 3.05) is 6.54 Å². The number of nitrogens with one attached hydrogen (secondary N) is 1. The number of rotatable bonds is 5. The number of amides is 1. The number of carbonyl (C=O) groups excluding carboxylic acids is 1. The Balaban J connectivity index is 2.62. The van der Waals surface area contributed by atoms with Crippen LogP contribution in [0.3, 0.4) is 0 Å². The van der Waals surface area contributed by atoms with Crippen LogP contribution in [0.4, 0.5) is 0 Å². The summed E-state index contributed by atoms with van der Waals surface area (Å²) in [5.74, 6) is 0.564. The van der Waals surface area contributed by atoms with Crippen LogP contribution in [0.5, 0.6) is 5.75 Å². The van der Waals surface area contributed by atoms with Crippen LogP contribution in [0.25, 0.3) is 0 Å². The topological polar surface area (TPSA) is 38.3 Å². The SMILES string of the molecule is C=CCNC(=O)[C@H](C)Oc1ccc(C(C)(C)C)cc1. The second kappa shape index (κ2) is 6.41. The maximum absolute atomic E-state index is 11.6. The molecule has 0 fully saturated rings. The lowest BCUT2D eigenvalue weighted by atomic mass is 9.87. The zero-order valence-corrected chi connectivity index (χ0v) is 12.2. The third-order valence-corrected chi connectivity index (χ3v) is 2.82. The minimum absolute atomic E-state index is 0.117. The maximum Gasteiger partial charge on any atom is 0.261 e. The van der Waals surface area contributed by atoms with Crippen LogP contribution in [0.1, 0.15) is 33.3 Å². The Bertz CT molecular complexity index is 429. The molecule has 19 heavy (non-hydrogen) atoms. The molecular weight excluding hydrogens is 238 g/mol. The van der Waals surface area contributed by atoms with Crippen molar-refractivity contribution in [3.63, 3.8) is 0 Å². The van der Waals surface area contributed by atoms with Gasteiger partial charge in [0.05, 0.1) is 0 Å². The van der Waals surface area contributed by atoms with Crippen molar-refractivity contribution < 1.29 is 9.53 Å². The standard InChI is InChI=1S/C16H23NO2/c1-6-11-17-15(18)12(2)19-14-9-7-13(8-10-14)16(3,4)5/h6-10,12H,1,11H2,2-5H3,(H,17,18)/t12-/m0/s1. The first-order valence-electron chi connectivity index (χ1n) is 6.50. The maximum atomic E-state index is 11.6. The van der Waals surface area contributed by atoms with E-state index >= 15 is 0 Å². The summed E-state index contributed by atoms with van der Waals surface area (Å²) in [5, 5.41) is 2.71. The number of carbonyl (C=O) groups is 1. The summed E-state index contributed by atoms with van der Waals surface area (Å²) in [6.07, 6.45) is 1.13. The van der Waals surface area contributed by atoms with Crippen molar-refractivity contribution in [1.82, 2.24) is 5.32 Å². The highest BCUT2D eigenvalue weighted by molar-refractivity contribution is 5.80. The second-order valence-electron chi connectivity index (χ2n) is 5.57. The molecule has 1 atom stereocenters. The molecule has 0 radical (unpaired) electrons. The Morgan fingerprint density at radius 1 is 1.37 bits per heavy atom. The van der Waals surface area contributed by atoms with Gasteiger partial charge >= 0.3 is 0 Å². The molecule has 1 N–H and O–H groups in total. The van der Waals surface area contributed by atoms with Gasteiger partial charge < -0.3 is 10.1 Å². The average molecular weight is 261 g/mol. The zero-order chi connectivity index (χ0) is 14.5. The molecule has 0 unspecified atom stereocenters. The van der Waals surface area contributed by atoms with Crippen LogP contribution in [-0.4, -0.2) is 18.6 Å². The molecule has 0 spiro atoms. The van der Waals surface area contributed by atoms with Gasteiger partial charge in [0, 0.05) is 6.54 Å². The molecule has 1 amide bonds. The molecule has 0 heterocycles. The van der Waals surface area contributed by atoms with Crippen LogP contribution in [0.15, 0.2) is 36.9 Å². The normalized spacial score (nSPS) is 12.6. The summed E-state index contributed by atoms with van der Waals surface area (Å²) in [7, 11) is 0. The Morgan fingerprint density at radius 3 is 2.42 bits per heavy atom. The van der Waals surface area contributed by atoms with Crippen LogP contribution in [-0.2, 0) is 10.2 Å². The molecule has 0 aromatic heterocycles. The van der Waals surface area contributed by atoms with Crippen molar-refractivity contribution >= 4 is 5.91 Å². The first-order valence-corrected chi connectivity index (χ1v) is 6.50. The molecule has 0 saturated heterocycles. The summed E-state index contributed by atoms with van der Waals surface area (Å²) in [6, 6.07) is 7.86. The molecule has 0 bridgehead atoms. The number of hydrogen-bond acceptors (Lipinski definition) is 2. The predicted molar refractivity (Wildman–Crippen MR) is 78.4 cm³/mol. The van der Waals surface area contributed by atoms with Crippen molar-refractivity contribution in [3.05, 3.63) is 42.5 Å². The van der Waals surface area contributed by atoms with Crippen LogP contribution >= 0.6 is 0 Å². The lowest BCUT2D eigenvalue weighted by molar-refractivity contribution is -0.127. The molecule has 1 aromatic rings. The fourth-order valence-corrected chi connectivity index (χ4v) is 1.61. The largest absolute Gasteiger partial charge is 0.481 e. The van der Waals surface area contributed by atoms with Gasteiger partial charge in [0.25, 0.3) is 5.91 Å². The van der Waals surface area contributed by atoms with Crippen LogP contribution < -0.4 is 10.1 Å². The summed E-state index contributed by atoms with van der Waals surface area (Å²) < 4.78 is 5.59. The smallest absolute Gasteiger partial charge is 0.261 e. The van der Waals surface area contributed by atoms with E-state index < -0.39 is 6.10 Å². The molecule has 1 aromatic carbocycles. The Kier molecular flexibility index (Phi) is 5.16. The van der Waals surface area contributed by atoms with Gasteiger partial charge in [-0.05, 0) is 30.0 Å². The van der Waals surface area contributed by atoms with E-state index in [2.05, 4.69) is 32.7 Å². The van der Waals surface area contributed by atoms with E-state index in [1.54, 1.807) is 13.0 Å². The van der Waals surface area contributed by atoms with E-state index in [9.17, 15) is 4.79 Å². The number of ether oxygens (including phenoxy) is 1. The first kappa shape index (κ1) is 15.3. The molecule has 3 nitrogen and oxygen atoms in total. The first-order chi connectivity index (χ1) is 8.84. The van der Waals surface area contributed by atoms with Gasteiger partial charge in [-0.25, -0.2) is 0 Å². The molecular formula is C16H23NO2. The Hall–Kier alpha value is -1.77. The van der Waals surface area contributed by atoms with Gasteiger partial charge in [-0.15, -0.1) is 6.58 Å². The molecule has 0 saturated carbocycles. The van der Waals surface area contributed by atoms with Crippen molar-refractivity contribution in [1.29, 1.82) is 0 Å². The highest BCUT2D eigenvalue weighted by atomic mass is 16.5. The Morgan fingerprint density at radius 2 is 1.95 bits per heavy atom. The molecule has 0 aliphatic rings. The van der Waals surface area contributed by atoms with E-state index in [4.69, 9.17) is 4.74 Å². The van der Waals surface area contributed by atoms with Gasteiger partial charge in [-0.1, -0.05) is 39.0 Å². The molecule has 1 rings (SSSR count). The highest BCUT2D eigenvalue weighted by Gasteiger charge is 2.15. The minimum atomic E-state index is -0.513. The summed E-state index contributed by atoms with van der Waals surface area (Å²) in [6.45, 7) is 12.2. The monoisotopic (exact) mass is 261 g/mol. The average Bonchev–Trinajstić information content (AvgIpc) is 2.35. The molecule has 0 aliphatic carbocycles. The quantitative estimate of drug-likeness (QED) is 0.827. The van der Waals surface area contributed by atoms with E-state index in [0.717, 1.165) is 0 Å². The molecule has 0 aliphatic heterocycles. The number of benzene rings is 1. The van der Waals surface area contributed by atoms with Crippen molar-refractivity contribution in [3.8, 4) is 5.75 Å². The van der Waals surface area contributed by atoms with Crippen molar-refractivity contribution in [2.45, 2.75) is 39.2 Å². The van der Waals surface area contributed by atoms with Crippen LogP contribution in [0.2, 0.25) is 0 Å². The molecule has 104 valence electrons. The van der Waals surface area contributed by atoms with Gasteiger partial charge in [0.2, 0.25) is 0 Å². The van der Waals surface area contributed by atoms with Gasteiger partial charge in [-0.2, -0.15) is 0 Å². The fourth-order valence-electron chi connectivity index (χ4n) is 1.61. The summed E-state index contributed by atoms with van der Waals surface area (Å²) in [5.41, 5.74) is 1.36. The lowest BCUT2D eigenvalue weighted by Gasteiger charge is -2.20. The third kappa shape index (κ3) is 4.78. The summed E-state index contributed by atoms with van der Waals surface area (Å²) in [4.78, 5) is 11.6. The van der Waals surface area contributed by atoms with Crippen LogP contribution in [0, 0.1) is 0 Å². The second-order valence-corrected chi connectivity index (χ2v) is 5.57. The zero-order valence-electron chi connectivity index (χ0n) is 12.2. The number of hydrogen-bond donors (Lipinski definition) is 1. The summed E-state index contributed by atoms with van der Waals surface area (Å²) >= 11 is 0. The lowest BCUT2D eigenvalue weighted by Crippen LogP contribution is -2.36. The fraction of sp³-hybridized carbons (Fsp3) is 0.438. The van der Waals surface area contributed by atoms with Crippen molar-refractivity contribution in [2.24, 2.45) is 0 Å². The van der Waals surface area contributed by atoms with Gasteiger partial charge in [0.15, 0.2) is 6.10 Å². The van der Waals surface area contributed by atoms with E-state index in [-0.39, 0.29) is 11.3 Å². The van der Waals surface area contributed by atoms with Gasteiger partial charge in [0.1, 0.15) is 5.75 Å². The predicted octanol–water partition coefficient (Wildman–Crippen LogP) is 3.05. The minimum Gasteiger partial charge on any atom is -0.481 e. The van der Waals surface area contributed by atoms with Gasteiger partial charge in [-0.3, -0.25) is 4.79 Å². The van der Waals surface area contributed by atoms with E-state index in [1.807, 2.05) is 24.3 Å². The van der Waals surface area contributed by atoms with E-state index in [1.165, 1.54) is 5.56 Å². The van der Waals surface area contributed by atoms with E-state index in [0.29, 0.717) is 12.3 Å². The highest BCUT2D eigenvalue weighted by Crippen LogP contribution is 2.24.